The van der Waals surface area contributed by atoms with Gasteiger partial charge in [-0.1, -0.05) is 36.4 Å². The Morgan fingerprint density at radius 3 is 2.00 bits per heavy atom. The molecule has 176 valence electrons. The van der Waals surface area contributed by atoms with Gasteiger partial charge < -0.3 is 27.2 Å². The van der Waals surface area contributed by atoms with Crippen LogP contribution in [0.15, 0.2) is 48.5 Å². The smallest absolute Gasteiger partial charge is 0.475 e. The van der Waals surface area contributed by atoms with Crippen LogP contribution in [0.4, 0.5) is 18.0 Å². The van der Waals surface area contributed by atoms with E-state index in [1.807, 2.05) is 30.3 Å². The minimum Gasteiger partial charge on any atom is -0.475 e. The number of nitrogens with two attached hydrogens (primary N) is 2. The van der Waals surface area contributed by atoms with Crippen LogP contribution in [0, 0.1) is 11.3 Å². The van der Waals surface area contributed by atoms with Crippen LogP contribution < -0.4 is 22.1 Å². The Hall–Kier alpha value is -4.11. The van der Waals surface area contributed by atoms with Gasteiger partial charge in [0.25, 0.3) is 0 Å². The van der Waals surface area contributed by atoms with Crippen molar-refractivity contribution < 1.29 is 32.7 Å². The number of hydrogen-bond donors (Lipinski definition) is 5. The lowest BCUT2D eigenvalue weighted by Crippen LogP contribution is -2.42. The number of carboxylic acid groups (broad SMARTS) is 1. The van der Waals surface area contributed by atoms with Crippen molar-refractivity contribution in [2.75, 3.05) is 0 Å². The zero-order chi connectivity index (χ0) is 25.0. The molecule has 3 amide bonds. The third-order valence-electron chi connectivity index (χ3n) is 4.12. The molecule has 33 heavy (non-hydrogen) atoms. The third kappa shape index (κ3) is 10.7. The van der Waals surface area contributed by atoms with E-state index in [2.05, 4.69) is 16.7 Å². The van der Waals surface area contributed by atoms with E-state index in [9.17, 15) is 22.8 Å². The highest BCUT2D eigenvalue weighted by atomic mass is 19.4. The molecule has 0 bridgehead atoms. The maximum absolute atomic E-state index is 11.7. The van der Waals surface area contributed by atoms with Crippen molar-refractivity contribution in [2.24, 2.45) is 11.5 Å². The van der Waals surface area contributed by atoms with Crippen molar-refractivity contribution in [1.82, 2.24) is 10.6 Å². The lowest BCUT2D eigenvalue weighted by atomic mass is 10.0. The van der Waals surface area contributed by atoms with Crippen molar-refractivity contribution in [3.63, 3.8) is 0 Å². The summed E-state index contributed by atoms with van der Waals surface area (Å²) in [5, 5.41) is 21.8. The average Bonchev–Trinajstić information content (AvgIpc) is 2.75. The van der Waals surface area contributed by atoms with Gasteiger partial charge >= 0.3 is 18.2 Å². The Bertz CT molecular complexity index is 1000. The van der Waals surface area contributed by atoms with E-state index in [0.29, 0.717) is 25.1 Å². The number of nitrogens with one attached hydrogen (secondary N) is 2. The van der Waals surface area contributed by atoms with Gasteiger partial charge in [-0.2, -0.15) is 18.4 Å². The Morgan fingerprint density at radius 1 is 1.00 bits per heavy atom. The van der Waals surface area contributed by atoms with E-state index >= 15 is 0 Å². The predicted molar refractivity (Wildman–Crippen MR) is 111 cm³/mol. The monoisotopic (exact) mass is 465 g/mol. The summed E-state index contributed by atoms with van der Waals surface area (Å²) in [4.78, 5) is 31.3. The molecule has 0 aromatic heterocycles. The largest absolute Gasteiger partial charge is 0.490 e. The Morgan fingerprint density at radius 2 is 1.55 bits per heavy atom. The number of benzene rings is 2. The third-order valence-corrected chi connectivity index (χ3v) is 4.12. The number of primary amides is 2. The summed E-state index contributed by atoms with van der Waals surface area (Å²) in [6.45, 7) is 0.831. The summed E-state index contributed by atoms with van der Waals surface area (Å²) >= 11 is 0. The van der Waals surface area contributed by atoms with E-state index in [0.717, 1.165) is 16.7 Å². The zero-order valence-electron chi connectivity index (χ0n) is 17.2. The van der Waals surface area contributed by atoms with Gasteiger partial charge in [-0.15, -0.1) is 0 Å². The van der Waals surface area contributed by atoms with E-state index in [1.54, 1.807) is 18.2 Å². The lowest BCUT2D eigenvalue weighted by Gasteiger charge is -2.16. The SMILES string of the molecule is N#Cc1cccc(C[C@@H](NCc2ccc(CNC(N)=O)cc2)C(N)=O)c1.O=C(O)C(F)(F)F. The van der Waals surface area contributed by atoms with Gasteiger partial charge in [0, 0.05) is 13.1 Å². The number of hydrogen-bond acceptors (Lipinski definition) is 5. The van der Waals surface area contributed by atoms with Crippen LogP contribution in [0.5, 0.6) is 0 Å². The molecule has 0 heterocycles. The molecule has 2 aromatic rings. The minimum absolute atomic E-state index is 0.363. The molecule has 0 saturated heterocycles. The number of halogens is 3. The number of amides is 3. The van der Waals surface area contributed by atoms with Crippen molar-refractivity contribution in [3.8, 4) is 6.07 Å². The molecule has 12 heteroatoms. The molecule has 2 rings (SSSR count). The standard InChI is InChI=1S/C19H21N5O2.C2HF3O2/c20-10-16-3-1-2-15(8-16)9-17(18(21)25)23-11-13-4-6-14(7-5-13)12-24-19(22)26;3-2(4,5)1(6)7/h1-8,17,23H,9,11-12H2,(H2,21,25)(H3,22,24,26);(H,6,7)/t17-;/m1./s1. The summed E-state index contributed by atoms with van der Waals surface area (Å²) in [5.41, 5.74) is 13.8. The number of carboxylic acids is 1. The highest BCUT2D eigenvalue weighted by Gasteiger charge is 2.38. The number of nitrogens with zero attached hydrogens (tertiary/aromatic N) is 1. The first-order chi connectivity index (χ1) is 15.4. The first-order valence-electron chi connectivity index (χ1n) is 9.35. The maximum atomic E-state index is 11.7. The summed E-state index contributed by atoms with van der Waals surface area (Å²) in [6.07, 6.45) is -4.68. The number of aliphatic carboxylic acids is 1. The van der Waals surface area contributed by atoms with Crippen LogP contribution in [0.3, 0.4) is 0 Å². The molecule has 2 aromatic carbocycles. The van der Waals surface area contributed by atoms with E-state index in [-0.39, 0.29) is 0 Å². The summed E-state index contributed by atoms with van der Waals surface area (Å²) in [6, 6.07) is 15.6. The van der Waals surface area contributed by atoms with Crippen LogP contribution in [0.2, 0.25) is 0 Å². The second kappa shape index (κ2) is 12.7. The molecular weight excluding hydrogens is 443 g/mol. The first kappa shape index (κ1) is 26.9. The van der Waals surface area contributed by atoms with Gasteiger partial charge in [0.2, 0.25) is 5.91 Å². The molecule has 0 aliphatic carbocycles. The number of alkyl halides is 3. The maximum Gasteiger partial charge on any atom is 0.490 e. The normalized spacial score (nSPS) is 11.3. The average molecular weight is 465 g/mol. The second-order valence-corrected chi connectivity index (χ2v) is 6.69. The molecule has 0 aliphatic heterocycles. The molecule has 7 N–H and O–H groups in total. The summed E-state index contributed by atoms with van der Waals surface area (Å²) in [5.74, 6) is -3.21. The molecule has 9 nitrogen and oxygen atoms in total. The number of carbonyl (C=O) groups excluding carboxylic acids is 2. The molecule has 0 aliphatic rings. The van der Waals surface area contributed by atoms with E-state index in [1.165, 1.54) is 0 Å². The molecular formula is C21H22F3N5O4. The fourth-order valence-corrected chi connectivity index (χ4v) is 2.48. The van der Waals surface area contributed by atoms with Gasteiger partial charge in [-0.3, -0.25) is 4.79 Å². The van der Waals surface area contributed by atoms with Gasteiger partial charge in [-0.25, -0.2) is 9.59 Å². The molecule has 0 saturated carbocycles. The molecule has 0 unspecified atom stereocenters. The van der Waals surface area contributed by atoms with Crippen molar-refractivity contribution in [1.29, 1.82) is 5.26 Å². The summed E-state index contributed by atoms with van der Waals surface area (Å²) < 4.78 is 31.7. The van der Waals surface area contributed by atoms with Crippen molar-refractivity contribution in [2.45, 2.75) is 31.7 Å². The van der Waals surface area contributed by atoms with Crippen LogP contribution in [0.25, 0.3) is 0 Å². The number of carbonyl (C=O) groups is 3. The fraction of sp³-hybridized carbons (Fsp3) is 0.238. The Labute approximate surface area is 187 Å². The van der Waals surface area contributed by atoms with Gasteiger partial charge in [0.15, 0.2) is 0 Å². The topological polar surface area (TPSA) is 171 Å². The first-order valence-corrected chi connectivity index (χ1v) is 9.35. The van der Waals surface area contributed by atoms with Gasteiger partial charge in [-0.05, 0) is 35.2 Å². The highest BCUT2D eigenvalue weighted by molar-refractivity contribution is 5.80. The highest BCUT2D eigenvalue weighted by Crippen LogP contribution is 2.13. The fourth-order valence-electron chi connectivity index (χ4n) is 2.48. The van der Waals surface area contributed by atoms with E-state index in [4.69, 9.17) is 26.6 Å². The lowest BCUT2D eigenvalue weighted by molar-refractivity contribution is -0.192. The molecule has 1 atom stereocenters. The predicted octanol–water partition coefficient (Wildman–Crippen LogP) is 1.55. The Kier molecular flexibility index (Phi) is 10.3. The van der Waals surface area contributed by atoms with Crippen LogP contribution >= 0.6 is 0 Å². The number of urea groups is 1. The molecule has 0 spiro atoms. The van der Waals surface area contributed by atoms with Gasteiger partial charge in [0.05, 0.1) is 17.7 Å². The quantitative estimate of drug-likeness (QED) is 0.396. The Balaban J connectivity index is 0.000000675. The van der Waals surface area contributed by atoms with Crippen molar-refractivity contribution in [3.05, 3.63) is 70.8 Å². The second-order valence-electron chi connectivity index (χ2n) is 6.69. The van der Waals surface area contributed by atoms with Crippen LogP contribution in [-0.2, 0) is 29.1 Å². The minimum atomic E-state index is -5.08. The zero-order valence-corrected chi connectivity index (χ0v) is 17.2. The number of rotatable bonds is 8. The van der Waals surface area contributed by atoms with Crippen molar-refractivity contribution >= 4 is 17.9 Å². The molecule has 0 radical (unpaired) electrons. The van der Waals surface area contributed by atoms with Crippen LogP contribution in [0.1, 0.15) is 22.3 Å². The molecule has 0 fully saturated rings. The summed E-state index contributed by atoms with van der Waals surface area (Å²) in [7, 11) is 0. The number of nitriles is 1. The van der Waals surface area contributed by atoms with Crippen LogP contribution in [-0.4, -0.2) is 35.2 Å². The van der Waals surface area contributed by atoms with E-state index < -0.39 is 30.1 Å². The van der Waals surface area contributed by atoms with Gasteiger partial charge in [0.1, 0.15) is 0 Å².